The molecule has 0 spiro atoms. The van der Waals surface area contributed by atoms with Crippen LogP contribution in [0.3, 0.4) is 0 Å². The van der Waals surface area contributed by atoms with E-state index in [4.69, 9.17) is 7.16 Å². The molecular formula is C22H21FNO+. The second-order valence-corrected chi connectivity index (χ2v) is 6.70. The topological polar surface area (TPSA) is 17.0 Å². The number of pyridine rings is 1. The molecule has 2 nitrogen and oxygen atoms in total. The molecule has 0 bridgehead atoms. The molecule has 0 saturated heterocycles. The van der Waals surface area contributed by atoms with Crippen LogP contribution in [0.4, 0.5) is 4.39 Å². The van der Waals surface area contributed by atoms with E-state index in [2.05, 4.69) is 0 Å². The number of hydrogen-bond donors (Lipinski definition) is 0. The molecule has 2 aromatic heterocycles. The van der Waals surface area contributed by atoms with E-state index in [0.717, 1.165) is 33.2 Å². The number of aryl methyl sites for hydroxylation is 2. The van der Waals surface area contributed by atoms with Crippen molar-refractivity contribution in [3.8, 4) is 11.3 Å². The maximum absolute atomic E-state index is 13.8. The van der Waals surface area contributed by atoms with Gasteiger partial charge in [-0.05, 0) is 36.6 Å². The third-order valence-electron chi connectivity index (χ3n) is 4.70. The van der Waals surface area contributed by atoms with E-state index in [1.165, 1.54) is 6.07 Å². The first kappa shape index (κ1) is 13.6. The van der Waals surface area contributed by atoms with Crippen molar-refractivity contribution in [2.75, 3.05) is 0 Å². The minimum Gasteiger partial charge on any atom is -0.455 e. The Labute approximate surface area is 149 Å². The minimum absolute atomic E-state index is 0.219. The van der Waals surface area contributed by atoms with Crippen LogP contribution in [0.2, 0.25) is 0 Å². The van der Waals surface area contributed by atoms with Crippen LogP contribution in [0.25, 0.3) is 33.2 Å². The van der Waals surface area contributed by atoms with Gasteiger partial charge in [-0.1, -0.05) is 26.0 Å². The number of nitrogens with zero attached hydrogens (tertiary/aromatic N) is 1. The first-order valence-electron chi connectivity index (χ1n) is 9.30. The van der Waals surface area contributed by atoms with Gasteiger partial charge in [-0.25, -0.2) is 8.96 Å². The van der Waals surface area contributed by atoms with Crippen LogP contribution in [0, 0.1) is 12.7 Å². The lowest BCUT2D eigenvalue weighted by Gasteiger charge is -2.08. The number of aromatic nitrogens is 1. The summed E-state index contributed by atoms with van der Waals surface area (Å²) >= 11 is 0. The summed E-state index contributed by atoms with van der Waals surface area (Å²) in [6, 6.07) is 10.7. The molecule has 0 saturated carbocycles. The van der Waals surface area contributed by atoms with E-state index in [1.807, 2.05) is 62.8 Å². The van der Waals surface area contributed by atoms with Crippen LogP contribution in [-0.4, -0.2) is 0 Å². The zero-order valence-electron chi connectivity index (χ0n) is 16.8. The first-order chi connectivity index (χ1) is 12.7. The van der Waals surface area contributed by atoms with Crippen molar-refractivity contribution in [3.63, 3.8) is 0 Å². The molecule has 126 valence electrons. The average Bonchev–Trinajstić information content (AvgIpc) is 2.97. The molecule has 0 amide bonds. The van der Waals surface area contributed by atoms with Gasteiger partial charge in [0.05, 0.1) is 6.93 Å². The zero-order chi connectivity index (χ0) is 19.5. The molecule has 0 aliphatic rings. The lowest BCUT2D eigenvalue weighted by atomic mass is 9.99. The Morgan fingerprint density at radius 1 is 1.12 bits per heavy atom. The molecule has 4 rings (SSSR count). The van der Waals surface area contributed by atoms with Gasteiger partial charge < -0.3 is 4.42 Å². The lowest BCUT2D eigenvalue weighted by molar-refractivity contribution is -0.660. The predicted molar refractivity (Wildman–Crippen MR) is 99.1 cm³/mol. The Hall–Kier alpha value is -2.68. The Kier molecular flexibility index (Phi) is 3.10. The summed E-state index contributed by atoms with van der Waals surface area (Å²) in [4.78, 5) is 0. The van der Waals surface area contributed by atoms with E-state index in [0.29, 0.717) is 5.58 Å². The van der Waals surface area contributed by atoms with Gasteiger partial charge in [0.1, 0.15) is 24.0 Å². The molecule has 0 radical (unpaired) electrons. The van der Waals surface area contributed by atoms with E-state index < -0.39 is 11.7 Å². The molecule has 3 heteroatoms. The summed E-state index contributed by atoms with van der Waals surface area (Å²) in [6.45, 7) is 5.72. The average molecular weight is 336 g/mol. The highest BCUT2D eigenvalue weighted by Gasteiger charge is 2.21. The molecule has 2 aromatic carbocycles. The number of hydrogen-bond acceptors (Lipinski definition) is 1. The van der Waals surface area contributed by atoms with Crippen LogP contribution in [0.1, 0.15) is 33.6 Å². The maximum Gasteiger partial charge on any atom is 0.216 e. The molecule has 25 heavy (non-hydrogen) atoms. The van der Waals surface area contributed by atoms with Crippen molar-refractivity contribution in [1.82, 2.24) is 0 Å². The summed E-state index contributed by atoms with van der Waals surface area (Å²) in [6.07, 6.45) is 1.96. The Morgan fingerprint density at radius 2 is 1.88 bits per heavy atom. The van der Waals surface area contributed by atoms with Gasteiger partial charge in [0, 0.05) is 29.8 Å². The summed E-state index contributed by atoms with van der Waals surface area (Å²) in [5, 5.41) is 1.60. The van der Waals surface area contributed by atoms with Crippen LogP contribution >= 0.6 is 0 Å². The molecule has 0 unspecified atom stereocenters. The first-order valence-corrected chi connectivity index (χ1v) is 8.30. The Balaban J connectivity index is 2.05. The SMILES string of the molecule is [2H]c1c(F)ccc2c1oc1c(-c3ccc(C([2H])(C)C)c[n+]3C)c(C)ccc12. The second kappa shape index (κ2) is 5.69. The summed E-state index contributed by atoms with van der Waals surface area (Å²) < 4.78 is 38.1. The highest BCUT2D eigenvalue weighted by atomic mass is 19.1. The smallest absolute Gasteiger partial charge is 0.216 e. The van der Waals surface area contributed by atoms with Gasteiger partial charge in [-0.15, -0.1) is 0 Å². The molecule has 0 fully saturated rings. The van der Waals surface area contributed by atoms with Gasteiger partial charge >= 0.3 is 0 Å². The molecular weight excluding hydrogens is 313 g/mol. The van der Waals surface area contributed by atoms with E-state index in [1.54, 1.807) is 6.07 Å². The molecule has 0 atom stereocenters. The number of rotatable bonds is 2. The fourth-order valence-electron chi connectivity index (χ4n) is 3.32. The lowest BCUT2D eigenvalue weighted by Crippen LogP contribution is -2.31. The van der Waals surface area contributed by atoms with Crippen LogP contribution in [0.5, 0.6) is 0 Å². The normalized spacial score (nSPS) is 13.3. The van der Waals surface area contributed by atoms with Crippen molar-refractivity contribution in [2.24, 2.45) is 7.05 Å². The number of furan rings is 1. The highest BCUT2D eigenvalue weighted by Crippen LogP contribution is 2.37. The fraction of sp³-hybridized carbons (Fsp3) is 0.227. The summed E-state index contributed by atoms with van der Waals surface area (Å²) in [7, 11) is 1.95. The third kappa shape index (κ3) is 2.51. The van der Waals surface area contributed by atoms with Crippen LogP contribution in [-0.2, 0) is 7.05 Å². The van der Waals surface area contributed by atoms with Crippen molar-refractivity contribution in [3.05, 3.63) is 65.6 Å². The number of halogens is 1. The van der Waals surface area contributed by atoms with Gasteiger partial charge in [0.15, 0.2) is 6.20 Å². The number of benzene rings is 2. The van der Waals surface area contributed by atoms with Crippen LogP contribution < -0.4 is 4.57 Å². The number of fused-ring (bicyclic) bond motifs is 3. The van der Waals surface area contributed by atoms with Crippen molar-refractivity contribution in [1.29, 1.82) is 0 Å². The van der Waals surface area contributed by atoms with E-state index in [-0.39, 0.29) is 11.6 Å². The van der Waals surface area contributed by atoms with E-state index >= 15 is 0 Å². The standard InChI is InChI=1S/C22H21FNO/c1-13(2)15-6-10-19(24(4)12-15)21-14(3)5-8-18-17-9-7-16(23)11-20(17)25-22(18)21/h5-13H,1-4H3/q+1/i11D,13D. The van der Waals surface area contributed by atoms with Gasteiger partial charge in [-0.2, -0.15) is 0 Å². The quantitative estimate of drug-likeness (QED) is 0.432. The molecule has 2 heterocycles. The Bertz CT molecular complexity index is 1200. The predicted octanol–water partition coefficient (Wildman–Crippen LogP) is 5.65. The van der Waals surface area contributed by atoms with Crippen molar-refractivity contribution >= 4 is 21.9 Å². The van der Waals surface area contributed by atoms with Crippen molar-refractivity contribution in [2.45, 2.75) is 26.7 Å². The summed E-state index contributed by atoms with van der Waals surface area (Å²) in [5.74, 6) is -1.28. The highest BCUT2D eigenvalue weighted by molar-refractivity contribution is 6.09. The molecule has 0 aliphatic heterocycles. The molecule has 0 aliphatic carbocycles. The fourth-order valence-corrected chi connectivity index (χ4v) is 3.32. The second-order valence-electron chi connectivity index (χ2n) is 6.70. The van der Waals surface area contributed by atoms with Gasteiger partial charge in [-0.3, -0.25) is 0 Å². The Morgan fingerprint density at radius 3 is 2.60 bits per heavy atom. The monoisotopic (exact) mass is 336 g/mol. The minimum atomic E-state index is -0.686. The zero-order valence-corrected chi connectivity index (χ0v) is 14.8. The third-order valence-corrected chi connectivity index (χ3v) is 4.70. The largest absolute Gasteiger partial charge is 0.455 e. The maximum atomic E-state index is 13.8. The van der Waals surface area contributed by atoms with Gasteiger partial charge in [0.25, 0.3) is 0 Å². The molecule has 0 N–H and O–H groups in total. The van der Waals surface area contributed by atoms with Crippen molar-refractivity contribution < 1.29 is 16.1 Å². The molecule has 4 aromatic rings. The van der Waals surface area contributed by atoms with E-state index in [9.17, 15) is 4.39 Å². The van der Waals surface area contributed by atoms with Gasteiger partial charge in [0.2, 0.25) is 5.69 Å². The van der Waals surface area contributed by atoms with Crippen LogP contribution in [0.15, 0.2) is 53.1 Å². The summed E-state index contributed by atoms with van der Waals surface area (Å²) in [5.41, 5.74) is 4.72.